The van der Waals surface area contributed by atoms with Gasteiger partial charge in [-0.25, -0.2) is 4.98 Å². The third-order valence-corrected chi connectivity index (χ3v) is 3.85. The normalized spacial score (nSPS) is 14.9. The van der Waals surface area contributed by atoms with Gasteiger partial charge in [-0.1, -0.05) is 13.8 Å². The van der Waals surface area contributed by atoms with Gasteiger partial charge >= 0.3 is 0 Å². The Balaban J connectivity index is 2.70. The molecule has 0 N–H and O–H groups in total. The van der Waals surface area contributed by atoms with E-state index < -0.39 is 0 Å². The van der Waals surface area contributed by atoms with E-state index in [2.05, 4.69) is 23.5 Å². The van der Waals surface area contributed by atoms with Crippen molar-refractivity contribution in [2.75, 3.05) is 13.7 Å². The minimum Gasteiger partial charge on any atom is -0.383 e. The lowest BCUT2D eigenvalue weighted by atomic mass is 10.2. The van der Waals surface area contributed by atoms with Gasteiger partial charge in [-0.2, -0.15) is 5.10 Å². The van der Waals surface area contributed by atoms with Crippen LogP contribution >= 0.6 is 11.6 Å². The molecule has 112 valence electrons. The fourth-order valence-electron chi connectivity index (χ4n) is 2.67. The van der Waals surface area contributed by atoms with Gasteiger partial charge in [0.05, 0.1) is 23.7 Å². The minimum absolute atomic E-state index is 0.141. The molecule has 0 saturated carbocycles. The van der Waals surface area contributed by atoms with Gasteiger partial charge < -0.3 is 9.30 Å². The Morgan fingerprint density at radius 2 is 2.05 bits per heavy atom. The summed E-state index contributed by atoms with van der Waals surface area (Å²) < 4.78 is 9.46. The van der Waals surface area contributed by atoms with Gasteiger partial charge in [0.1, 0.15) is 11.3 Å². The van der Waals surface area contributed by atoms with Crippen molar-refractivity contribution < 1.29 is 4.74 Å². The molecule has 2 rings (SSSR count). The number of nitrogens with zero attached hydrogens (tertiary/aromatic N) is 4. The number of aryl methyl sites for hydroxylation is 2. The van der Waals surface area contributed by atoms with Gasteiger partial charge in [0.25, 0.3) is 0 Å². The number of methoxy groups -OCH3 is 1. The Kier molecular flexibility index (Phi) is 4.70. The highest BCUT2D eigenvalue weighted by Gasteiger charge is 2.25. The molecule has 6 heteroatoms. The first-order valence-electron chi connectivity index (χ1n) is 7.11. The van der Waals surface area contributed by atoms with Crippen LogP contribution < -0.4 is 0 Å². The van der Waals surface area contributed by atoms with E-state index in [0.717, 1.165) is 35.5 Å². The summed E-state index contributed by atoms with van der Waals surface area (Å²) in [4.78, 5) is 4.75. The number of rotatable bonds is 6. The molecule has 0 radical (unpaired) electrons. The summed E-state index contributed by atoms with van der Waals surface area (Å²) in [6.07, 6.45) is 1.83. The van der Waals surface area contributed by atoms with Gasteiger partial charge in [0.2, 0.25) is 0 Å². The molecule has 2 aromatic heterocycles. The number of fused-ring (bicyclic) bond motifs is 1. The number of hydrogen-bond acceptors (Lipinski definition) is 3. The van der Waals surface area contributed by atoms with Crippen LogP contribution in [0.15, 0.2) is 0 Å². The highest BCUT2D eigenvalue weighted by Crippen LogP contribution is 2.30. The lowest BCUT2D eigenvalue weighted by Crippen LogP contribution is -2.18. The summed E-state index contributed by atoms with van der Waals surface area (Å²) in [5, 5.41) is 4.41. The van der Waals surface area contributed by atoms with Gasteiger partial charge in [-0.3, -0.25) is 4.68 Å². The second-order valence-electron chi connectivity index (χ2n) is 5.07. The third kappa shape index (κ3) is 2.44. The van der Waals surface area contributed by atoms with Crippen molar-refractivity contribution in [3.05, 3.63) is 11.5 Å². The topological polar surface area (TPSA) is 44.9 Å². The van der Waals surface area contributed by atoms with Crippen molar-refractivity contribution in [3.8, 4) is 0 Å². The van der Waals surface area contributed by atoms with E-state index in [1.54, 1.807) is 7.11 Å². The zero-order valence-electron chi connectivity index (χ0n) is 12.9. The van der Waals surface area contributed by atoms with E-state index in [0.29, 0.717) is 6.61 Å². The zero-order chi connectivity index (χ0) is 14.9. The van der Waals surface area contributed by atoms with Crippen molar-refractivity contribution in [1.82, 2.24) is 19.3 Å². The maximum absolute atomic E-state index is 6.33. The fourth-order valence-corrected chi connectivity index (χ4v) is 2.82. The molecule has 0 fully saturated rings. The van der Waals surface area contributed by atoms with Crippen LogP contribution in [0.1, 0.15) is 50.1 Å². The summed E-state index contributed by atoms with van der Waals surface area (Å²) in [7, 11) is 3.68. The van der Waals surface area contributed by atoms with E-state index in [1.807, 2.05) is 18.7 Å². The van der Waals surface area contributed by atoms with Crippen LogP contribution in [-0.2, 0) is 18.2 Å². The van der Waals surface area contributed by atoms with Gasteiger partial charge in [-0.15, -0.1) is 11.6 Å². The van der Waals surface area contributed by atoms with Crippen LogP contribution in [0.5, 0.6) is 0 Å². The van der Waals surface area contributed by atoms with Crippen LogP contribution in [0.2, 0.25) is 0 Å². The minimum atomic E-state index is -0.141. The number of hydrogen-bond donors (Lipinski definition) is 0. The first-order valence-corrected chi connectivity index (χ1v) is 7.55. The van der Waals surface area contributed by atoms with Crippen LogP contribution in [0.4, 0.5) is 0 Å². The summed E-state index contributed by atoms with van der Waals surface area (Å²) in [6.45, 7) is 6.84. The molecular formula is C14H23ClN4O. The molecule has 0 spiro atoms. The highest BCUT2D eigenvalue weighted by atomic mass is 35.5. The van der Waals surface area contributed by atoms with Crippen molar-refractivity contribution >= 4 is 22.8 Å². The largest absolute Gasteiger partial charge is 0.383 e. The molecule has 2 aromatic rings. The fraction of sp³-hybridized carbons (Fsp3) is 0.714. The number of ether oxygens (including phenoxy) is 1. The molecule has 5 nitrogen and oxygen atoms in total. The Hall–Kier alpha value is -1.07. The van der Waals surface area contributed by atoms with Gasteiger partial charge in [0, 0.05) is 14.2 Å². The smallest absolute Gasteiger partial charge is 0.159 e. The summed E-state index contributed by atoms with van der Waals surface area (Å²) in [5.74, 6) is 0.897. The van der Waals surface area contributed by atoms with Crippen LogP contribution in [0.25, 0.3) is 11.2 Å². The van der Waals surface area contributed by atoms with Crippen molar-refractivity contribution in [2.24, 2.45) is 7.05 Å². The van der Waals surface area contributed by atoms with E-state index >= 15 is 0 Å². The molecule has 0 aliphatic heterocycles. The average molecular weight is 299 g/mol. The molecule has 20 heavy (non-hydrogen) atoms. The molecule has 2 atom stereocenters. The van der Waals surface area contributed by atoms with Gasteiger partial charge in [0.15, 0.2) is 5.65 Å². The SMILES string of the molecule is CCc1nn(C)c2c1nc(C(C)Cl)n2C(CC)COC. The van der Waals surface area contributed by atoms with Crippen LogP contribution in [0.3, 0.4) is 0 Å². The Morgan fingerprint density at radius 3 is 2.55 bits per heavy atom. The van der Waals surface area contributed by atoms with Crippen LogP contribution in [0, 0.1) is 0 Å². The molecule has 0 aromatic carbocycles. The molecule has 0 bridgehead atoms. The first-order chi connectivity index (χ1) is 9.54. The standard InChI is InChI=1S/C14H23ClN4O/c1-6-10(8-20-5)19-13(9(3)15)16-12-11(7-2)17-18(4)14(12)19/h9-10H,6-8H2,1-5H3. The third-order valence-electron chi connectivity index (χ3n) is 3.65. The van der Waals surface area contributed by atoms with E-state index in [4.69, 9.17) is 21.3 Å². The summed E-state index contributed by atoms with van der Waals surface area (Å²) >= 11 is 6.33. The summed E-state index contributed by atoms with van der Waals surface area (Å²) in [5.41, 5.74) is 3.02. The maximum atomic E-state index is 6.33. The number of halogens is 1. The second-order valence-corrected chi connectivity index (χ2v) is 5.72. The molecule has 0 aliphatic rings. The average Bonchev–Trinajstić information content (AvgIpc) is 2.94. The summed E-state index contributed by atoms with van der Waals surface area (Å²) in [6, 6.07) is 0.223. The second kappa shape index (κ2) is 6.14. The van der Waals surface area contributed by atoms with Crippen LogP contribution in [-0.4, -0.2) is 33.0 Å². The van der Waals surface area contributed by atoms with Crippen molar-refractivity contribution in [1.29, 1.82) is 0 Å². The molecular weight excluding hydrogens is 276 g/mol. The van der Waals surface area contributed by atoms with Gasteiger partial charge in [-0.05, 0) is 19.8 Å². The predicted molar refractivity (Wildman–Crippen MR) is 81.3 cm³/mol. The molecule has 0 amide bonds. The molecule has 2 heterocycles. The highest BCUT2D eigenvalue weighted by molar-refractivity contribution is 6.20. The Bertz CT molecular complexity index is 588. The Morgan fingerprint density at radius 1 is 1.35 bits per heavy atom. The Labute approximate surface area is 124 Å². The lowest BCUT2D eigenvalue weighted by molar-refractivity contribution is 0.153. The molecule has 0 saturated heterocycles. The number of imidazole rings is 1. The maximum Gasteiger partial charge on any atom is 0.159 e. The van der Waals surface area contributed by atoms with E-state index in [1.165, 1.54) is 0 Å². The number of aromatic nitrogens is 4. The van der Waals surface area contributed by atoms with Crippen molar-refractivity contribution in [3.63, 3.8) is 0 Å². The van der Waals surface area contributed by atoms with E-state index in [9.17, 15) is 0 Å². The lowest BCUT2D eigenvalue weighted by Gasteiger charge is -2.20. The monoisotopic (exact) mass is 298 g/mol. The quantitative estimate of drug-likeness (QED) is 0.769. The van der Waals surface area contributed by atoms with Crippen molar-refractivity contribution in [2.45, 2.75) is 45.0 Å². The van der Waals surface area contributed by atoms with E-state index in [-0.39, 0.29) is 11.4 Å². The number of alkyl halides is 1. The molecule has 2 unspecified atom stereocenters. The first kappa shape index (κ1) is 15.3. The zero-order valence-corrected chi connectivity index (χ0v) is 13.6. The predicted octanol–water partition coefficient (Wildman–Crippen LogP) is 3.23. The molecule has 0 aliphatic carbocycles.